The maximum atomic E-state index is 12.6. The summed E-state index contributed by atoms with van der Waals surface area (Å²) >= 11 is 0. The smallest absolute Gasteiger partial charge is 0.274 e. The zero-order valence-electron chi connectivity index (χ0n) is 11.6. The summed E-state index contributed by atoms with van der Waals surface area (Å²) in [4.78, 5) is 18.7. The highest BCUT2D eigenvalue weighted by molar-refractivity contribution is 5.93. The molecule has 7 nitrogen and oxygen atoms in total. The second-order valence-electron chi connectivity index (χ2n) is 5.37. The van der Waals surface area contributed by atoms with Crippen LogP contribution in [-0.2, 0) is 11.3 Å². The van der Waals surface area contributed by atoms with E-state index in [-0.39, 0.29) is 24.7 Å². The molecule has 0 spiro atoms. The zero-order chi connectivity index (χ0) is 14.1. The molecule has 7 heteroatoms. The summed E-state index contributed by atoms with van der Waals surface area (Å²) in [7, 11) is 0. The summed E-state index contributed by atoms with van der Waals surface area (Å²) in [6, 6.07) is -0.00279. The number of hydrogen-bond acceptors (Lipinski definition) is 5. The van der Waals surface area contributed by atoms with Crippen LogP contribution >= 0.6 is 0 Å². The number of aliphatic hydroxyl groups excluding tert-OH is 1. The number of anilines is 1. The molecule has 2 atom stereocenters. The lowest BCUT2D eigenvalue weighted by molar-refractivity contribution is -0.0668. The van der Waals surface area contributed by atoms with Gasteiger partial charge in [0.15, 0.2) is 0 Å². The Bertz CT molecular complexity index is 478. The molecular weight excluding hydrogens is 260 g/mol. The maximum absolute atomic E-state index is 12.6. The van der Waals surface area contributed by atoms with Gasteiger partial charge in [0.1, 0.15) is 5.69 Å². The van der Waals surface area contributed by atoms with Gasteiger partial charge < -0.3 is 24.6 Å². The van der Waals surface area contributed by atoms with Crippen molar-refractivity contribution in [3.05, 3.63) is 11.9 Å². The molecule has 2 aliphatic heterocycles. The molecule has 0 aliphatic carbocycles. The predicted molar refractivity (Wildman–Crippen MR) is 72.7 cm³/mol. The fourth-order valence-corrected chi connectivity index (χ4v) is 2.64. The molecule has 1 amide bonds. The molecule has 20 heavy (non-hydrogen) atoms. The van der Waals surface area contributed by atoms with E-state index >= 15 is 0 Å². The Morgan fingerprint density at radius 1 is 1.65 bits per heavy atom. The largest absolute Gasteiger partial charge is 0.394 e. The van der Waals surface area contributed by atoms with E-state index in [0.29, 0.717) is 18.8 Å². The van der Waals surface area contributed by atoms with Crippen LogP contribution in [0, 0.1) is 0 Å². The van der Waals surface area contributed by atoms with Crippen molar-refractivity contribution in [1.82, 2.24) is 14.5 Å². The molecule has 3 rings (SSSR count). The van der Waals surface area contributed by atoms with Crippen LogP contribution < -0.4 is 5.32 Å². The summed E-state index contributed by atoms with van der Waals surface area (Å²) in [5.74, 6) is 0.669. The molecule has 3 heterocycles. The van der Waals surface area contributed by atoms with Crippen LogP contribution in [0.4, 0.5) is 5.95 Å². The lowest BCUT2D eigenvalue weighted by Crippen LogP contribution is -2.52. The number of nitrogens with zero attached hydrogens (tertiary/aromatic N) is 3. The standard InChI is InChI=1S/C13H20N4O3/c1-9-8-20-10(7-18)5-17(9)12(19)11-6-16-4-2-3-14-13(16)15-11/h6,9-10,18H,2-5,7-8H2,1H3,(H,14,15). The summed E-state index contributed by atoms with van der Waals surface area (Å²) in [6.45, 7) is 4.51. The van der Waals surface area contributed by atoms with Gasteiger partial charge in [-0.2, -0.15) is 0 Å². The van der Waals surface area contributed by atoms with Gasteiger partial charge in [-0.1, -0.05) is 0 Å². The molecule has 0 radical (unpaired) electrons. The molecule has 110 valence electrons. The Morgan fingerprint density at radius 2 is 2.50 bits per heavy atom. The minimum Gasteiger partial charge on any atom is -0.394 e. The van der Waals surface area contributed by atoms with Crippen molar-refractivity contribution in [3.63, 3.8) is 0 Å². The lowest BCUT2D eigenvalue weighted by atomic mass is 10.2. The molecule has 1 fully saturated rings. The Hall–Kier alpha value is -1.60. The number of fused-ring (bicyclic) bond motifs is 1. The number of rotatable bonds is 2. The van der Waals surface area contributed by atoms with Gasteiger partial charge in [-0.15, -0.1) is 0 Å². The number of imidazole rings is 1. The molecule has 0 aromatic carbocycles. The third-order valence-corrected chi connectivity index (χ3v) is 3.82. The van der Waals surface area contributed by atoms with Crippen LogP contribution in [0.15, 0.2) is 6.20 Å². The fraction of sp³-hybridized carbons (Fsp3) is 0.692. The third-order valence-electron chi connectivity index (χ3n) is 3.82. The number of carbonyl (C=O) groups is 1. The SMILES string of the molecule is CC1COC(CO)CN1C(=O)c1cn2c(n1)NCCC2. The van der Waals surface area contributed by atoms with Crippen LogP contribution in [-0.4, -0.2) is 63.9 Å². The number of ether oxygens (including phenoxy) is 1. The van der Waals surface area contributed by atoms with E-state index in [2.05, 4.69) is 10.3 Å². The first-order valence-electron chi connectivity index (χ1n) is 7.03. The molecule has 2 aliphatic rings. The van der Waals surface area contributed by atoms with Crippen molar-refractivity contribution in [3.8, 4) is 0 Å². The maximum Gasteiger partial charge on any atom is 0.274 e. The molecular formula is C13H20N4O3. The highest BCUT2D eigenvalue weighted by Crippen LogP contribution is 2.19. The second-order valence-corrected chi connectivity index (χ2v) is 5.37. The molecule has 1 aromatic heterocycles. The lowest BCUT2D eigenvalue weighted by Gasteiger charge is -2.37. The number of carbonyl (C=O) groups excluding carboxylic acids is 1. The first-order chi connectivity index (χ1) is 9.69. The molecule has 0 saturated carbocycles. The van der Waals surface area contributed by atoms with Crippen molar-refractivity contribution in [2.45, 2.75) is 32.0 Å². The second kappa shape index (κ2) is 5.41. The molecule has 1 saturated heterocycles. The van der Waals surface area contributed by atoms with Gasteiger partial charge in [-0.3, -0.25) is 4.79 Å². The number of aryl methyl sites for hydroxylation is 1. The van der Waals surface area contributed by atoms with Crippen LogP contribution in [0.5, 0.6) is 0 Å². The summed E-state index contributed by atoms with van der Waals surface area (Å²) in [5, 5.41) is 12.4. The normalized spacial score (nSPS) is 26.0. The molecule has 0 bridgehead atoms. The average molecular weight is 280 g/mol. The average Bonchev–Trinajstić information content (AvgIpc) is 2.91. The topological polar surface area (TPSA) is 79.6 Å². The first-order valence-corrected chi connectivity index (χ1v) is 7.03. The Morgan fingerprint density at radius 3 is 3.25 bits per heavy atom. The highest BCUT2D eigenvalue weighted by atomic mass is 16.5. The molecule has 2 unspecified atom stereocenters. The predicted octanol–water partition coefficient (Wildman–Crippen LogP) is -0.0795. The van der Waals surface area contributed by atoms with E-state index in [4.69, 9.17) is 4.74 Å². The Kier molecular flexibility index (Phi) is 3.62. The number of morpholine rings is 1. The van der Waals surface area contributed by atoms with E-state index < -0.39 is 0 Å². The quantitative estimate of drug-likeness (QED) is 0.792. The van der Waals surface area contributed by atoms with Crippen molar-refractivity contribution in [2.75, 3.05) is 31.6 Å². The fourth-order valence-electron chi connectivity index (χ4n) is 2.64. The van der Waals surface area contributed by atoms with E-state index in [1.165, 1.54) is 0 Å². The third kappa shape index (κ3) is 2.38. The van der Waals surface area contributed by atoms with Crippen LogP contribution in [0.2, 0.25) is 0 Å². The Labute approximate surface area is 117 Å². The van der Waals surface area contributed by atoms with E-state index in [0.717, 1.165) is 25.5 Å². The van der Waals surface area contributed by atoms with Gasteiger partial charge in [-0.25, -0.2) is 4.98 Å². The van der Waals surface area contributed by atoms with E-state index in [1.54, 1.807) is 11.1 Å². The highest BCUT2D eigenvalue weighted by Gasteiger charge is 2.31. The number of aliphatic hydroxyl groups is 1. The number of amides is 1. The van der Waals surface area contributed by atoms with Gasteiger partial charge in [0, 0.05) is 25.8 Å². The van der Waals surface area contributed by atoms with E-state index in [1.807, 2.05) is 11.5 Å². The summed E-state index contributed by atoms with van der Waals surface area (Å²) in [5.41, 5.74) is 0.458. The summed E-state index contributed by atoms with van der Waals surface area (Å²) in [6.07, 6.45) is 2.54. The first kappa shape index (κ1) is 13.4. The van der Waals surface area contributed by atoms with Crippen LogP contribution in [0.3, 0.4) is 0 Å². The van der Waals surface area contributed by atoms with Gasteiger partial charge in [0.25, 0.3) is 5.91 Å². The van der Waals surface area contributed by atoms with Crippen LogP contribution in [0.25, 0.3) is 0 Å². The number of aromatic nitrogens is 2. The molecule has 1 aromatic rings. The molecule has 2 N–H and O–H groups in total. The van der Waals surface area contributed by atoms with Gasteiger partial charge >= 0.3 is 0 Å². The van der Waals surface area contributed by atoms with Crippen molar-refractivity contribution in [1.29, 1.82) is 0 Å². The van der Waals surface area contributed by atoms with Gasteiger partial charge in [0.05, 0.1) is 25.4 Å². The minimum atomic E-state index is -0.300. The Balaban J connectivity index is 1.78. The number of hydrogen-bond donors (Lipinski definition) is 2. The zero-order valence-corrected chi connectivity index (χ0v) is 11.6. The monoisotopic (exact) mass is 280 g/mol. The van der Waals surface area contributed by atoms with Gasteiger partial charge in [0.2, 0.25) is 5.95 Å². The minimum absolute atomic E-state index is 0.00279. The van der Waals surface area contributed by atoms with Crippen LogP contribution in [0.1, 0.15) is 23.8 Å². The van der Waals surface area contributed by atoms with Crippen molar-refractivity contribution in [2.24, 2.45) is 0 Å². The van der Waals surface area contributed by atoms with Gasteiger partial charge in [-0.05, 0) is 13.3 Å². The summed E-state index contributed by atoms with van der Waals surface area (Å²) < 4.78 is 7.43. The number of nitrogens with one attached hydrogen (secondary N) is 1. The van der Waals surface area contributed by atoms with Crippen molar-refractivity contribution < 1.29 is 14.6 Å². The van der Waals surface area contributed by atoms with Crippen molar-refractivity contribution >= 4 is 11.9 Å². The van der Waals surface area contributed by atoms with E-state index in [9.17, 15) is 9.90 Å².